The third-order valence-electron chi connectivity index (χ3n) is 3.40. The molecule has 1 aliphatic heterocycles. The largest absolute Gasteiger partial charge is 0.472 e. The summed E-state index contributed by atoms with van der Waals surface area (Å²) < 4.78 is 5.03. The minimum Gasteiger partial charge on any atom is -0.472 e. The SMILES string of the molecule is c1cc(CN=C2NC3(CCCC3)CS2)co1. The molecule has 16 heavy (non-hydrogen) atoms. The van der Waals surface area contributed by atoms with Gasteiger partial charge in [0.2, 0.25) is 0 Å². The summed E-state index contributed by atoms with van der Waals surface area (Å²) in [5, 5.41) is 4.73. The highest BCUT2D eigenvalue weighted by Gasteiger charge is 2.39. The van der Waals surface area contributed by atoms with Gasteiger partial charge in [-0.2, -0.15) is 0 Å². The van der Waals surface area contributed by atoms with Gasteiger partial charge in [-0.3, -0.25) is 4.99 Å². The molecule has 4 heteroatoms. The van der Waals surface area contributed by atoms with Gasteiger partial charge in [-0.05, 0) is 18.9 Å². The predicted octanol–water partition coefficient (Wildman–Crippen LogP) is 2.78. The van der Waals surface area contributed by atoms with Crippen molar-refractivity contribution in [1.82, 2.24) is 5.32 Å². The fraction of sp³-hybridized carbons (Fsp3) is 0.583. The number of rotatable bonds is 2. The Morgan fingerprint density at radius 3 is 3.06 bits per heavy atom. The maximum Gasteiger partial charge on any atom is 0.157 e. The van der Waals surface area contributed by atoms with Gasteiger partial charge >= 0.3 is 0 Å². The van der Waals surface area contributed by atoms with E-state index in [4.69, 9.17) is 4.42 Å². The molecule has 1 aliphatic carbocycles. The fourth-order valence-electron chi connectivity index (χ4n) is 2.46. The first-order valence-electron chi connectivity index (χ1n) is 5.83. The number of amidine groups is 1. The van der Waals surface area contributed by atoms with Gasteiger partial charge in [0.25, 0.3) is 0 Å². The molecule has 0 atom stereocenters. The second-order valence-corrected chi connectivity index (χ2v) is 5.62. The molecule has 2 heterocycles. The molecule has 0 radical (unpaired) electrons. The van der Waals surface area contributed by atoms with E-state index < -0.39 is 0 Å². The van der Waals surface area contributed by atoms with Crippen LogP contribution in [0, 0.1) is 0 Å². The molecule has 1 spiro atoms. The van der Waals surface area contributed by atoms with E-state index in [1.807, 2.05) is 17.8 Å². The normalized spacial score (nSPS) is 25.4. The topological polar surface area (TPSA) is 37.5 Å². The first-order valence-corrected chi connectivity index (χ1v) is 6.81. The van der Waals surface area contributed by atoms with Gasteiger partial charge in [0.05, 0.1) is 19.1 Å². The molecule has 0 amide bonds. The van der Waals surface area contributed by atoms with E-state index in [9.17, 15) is 0 Å². The van der Waals surface area contributed by atoms with Crippen LogP contribution in [-0.2, 0) is 6.54 Å². The molecule has 1 aromatic heterocycles. The number of nitrogens with zero attached hydrogens (tertiary/aromatic N) is 1. The summed E-state index contributed by atoms with van der Waals surface area (Å²) in [6.45, 7) is 0.724. The predicted molar refractivity (Wildman–Crippen MR) is 66.6 cm³/mol. The van der Waals surface area contributed by atoms with E-state index in [0.29, 0.717) is 5.54 Å². The van der Waals surface area contributed by atoms with Crippen LogP contribution in [0.3, 0.4) is 0 Å². The number of nitrogens with one attached hydrogen (secondary N) is 1. The zero-order valence-corrected chi connectivity index (χ0v) is 10.1. The highest BCUT2D eigenvalue weighted by Crippen LogP contribution is 2.37. The highest BCUT2D eigenvalue weighted by molar-refractivity contribution is 8.14. The van der Waals surface area contributed by atoms with Crippen molar-refractivity contribution in [3.63, 3.8) is 0 Å². The minimum absolute atomic E-state index is 0.375. The van der Waals surface area contributed by atoms with Crippen molar-refractivity contribution in [3.05, 3.63) is 24.2 Å². The third kappa shape index (κ3) is 1.98. The molecule has 0 aromatic carbocycles. The van der Waals surface area contributed by atoms with E-state index in [0.717, 1.165) is 17.3 Å². The van der Waals surface area contributed by atoms with Crippen molar-refractivity contribution in [2.45, 2.75) is 37.8 Å². The zero-order chi connectivity index (χ0) is 10.8. The van der Waals surface area contributed by atoms with Gasteiger partial charge in [0, 0.05) is 16.9 Å². The van der Waals surface area contributed by atoms with Gasteiger partial charge in [-0.25, -0.2) is 0 Å². The van der Waals surface area contributed by atoms with Gasteiger partial charge in [-0.15, -0.1) is 0 Å². The van der Waals surface area contributed by atoms with Gasteiger partial charge in [-0.1, -0.05) is 24.6 Å². The molecule has 0 unspecified atom stereocenters. The molecule has 2 aliphatic rings. The van der Waals surface area contributed by atoms with Crippen LogP contribution in [0.4, 0.5) is 0 Å². The smallest absolute Gasteiger partial charge is 0.157 e. The van der Waals surface area contributed by atoms with Crippen LogP contribution in [0.25, 0.3) is 0 Å². The standard InChI is InChI=1S/C12H16N2OS/c1-2-5-12(4-1)9-16-11(14-12)13-7-10-3-6-15-8-10/h3,6,8H,1-2,4-5,7,9H2,(H,13,14). The van der Waals surface area contributed by atoms with Crippen molar-refractivity contribution in [2.24, 2.45) is 4.99 Å². The van der Waals surface area contributed by atoms with Crippen molar-refractivity contribution >= 4 is 16.9 Å². The van der Waals surface area contributed by atoms with Crippen molar-refractivity contribution in [1.29, 1.82) is 0 Å². The third-order valence-corrected chi connectivity index (χ3v) is 4.60. The number of furan rings is 1. The lowest BCUT2D eigenvalue weighted by Crippen LogP contribution is -2.40. The van der Waals surface area contributed by atoms with Gasteiger partial charge in [0.1, 0.15) is 0 Å². The van der Waals surface area contributed by atoms with Crippen LogP contribution in [-0.4, -0.2) is 16.5 Å². The van der Waals surface area contributed by atoms with Crippen LogP contribution < -0.4 is 5.32 Å². The second-order valence-electron chi connectivity index (χ2n) is 4.65. The molecule has 3 rings (SSSR count). The zero-order valence-electron chi connectivity index (χ0n) is 9.24. The summed E-state index contributed by atoms with van der Waals surface area (Å²) in [6.07, 6.45) is 8.80. The summed E-state index contributed by atoms with van der Waals surface area (Å²) in [5.74, 6) is 1.19. The Morgan fingerprint density at radius 2 is 2.31 bits per heavy atom. The fourth-order valence-corrected chi connectivity index (χ4v) is 3.68. The first-order chi connectivity index (χ1) is 7.86. The second kappa shape index (κ2) is 4.17. The Hall–Kier alpha value is -0.900. The number of thioether (sulfide) groups is 1. The molecule has 2 fully saturated rings. The quantitative estimate of drug-likeness (QED) is 0.858. The van der Waals surface area contributed by atoms with E-state index in [1.165, 1.54) is 31.4 Å². The van der Waals surface area contributed by atoms with Gasteiger partial charge in [0.15, 0.2) is 5.17 Å². The molecular formula is C12H16N2OS. The lowest BCUT2D eigenvalue weighted by atomic mass is 10.0. The molecule has 3 nitrogen and oxygen atoms in total. The van der Waals surface area contributed by atoms with Crippen LogP contribution in [0.5, 0.6) is 0 Å². The number of hydrogen-bond donors (Lipinski definition) is 1. The lowest BCUT2D eigenvalue weighted by Gasteiger charge is -2.21. The Balaban J connectivity index is 1.62. The van der Waals surface area contributed by atoms with Crippen LogP contribution in [0.15, 0.2) is 28.0 Å². The summed E-state index contributed by atoms with van der Waals surface area (Å²) in [5.41, 5.74) is 1.52. The minimum atomic E-state index is 0.375. The summed E-state index contributed by atoms with van der Waals surface area (Å²) >= 11 is 1.87. The van der Waals surface area contributed by atoms with Crippen LogP contribution >= 0.6 is 11.8 Å². The Bertz CT molecular complexity index is 380. The summed E-state index contributed by atoms with van der Waals surface area (Å²) in [7, 11) is 0. The Kier molecular flexibility index (Phi) is 2.67. The molecule has 1 N–H and O–H groups in total. The van der Waals surface area contributed by atoms with E-state index >= 15 is 0 Å². The highest BCUT2D eigenvalue weighted by atomic mass is 32.2. The molecule has 1 saturated heterocycles. The lowest BCUT2D eigenvalue weighted by molar-refractivity contribution is 0.452. The maximum absolute atomic E-state index is 5.03. The molecule has 1 saturated carbocycles. The Labute approximate surface area is 99.7 Å². The summed E-state index contributed by atoms with van der Waals surface area (Å²) in [6, 6.07) is 1.97. The monoisotopic (exact) mass is 236 g/mol. The van der Waals surface area contributed by atoms with Crippen molar-refractivity contribution in [3.8, 4) is 0 Å². The number of aliphatic imine (C=N–C) groups is 1. The van der Waals surface area contributed by atoms with Crippen LogP contribution in [0.2, 0.25) is 0 Å². The van der Waals surface area contributed by atoms with E-state index in [-0.39, 0.29) is 0 Å². The summed E-state index contributed by atoms with van der Waals surface area (Å²) in [4.78, 5) is 4.59. The molecule has 86 valence electrons. The average Bonchev–Trinajstić information content (AvgIpc) is 3.01. The Morgan fingerprint density at radius 1 is 1.44 bits per heavy atom. The molecular weight excluding hydrogens is 220 g/mol. The average molecular weight is 236 g/mol. The van der Waals surface area contributed by atoms with Crippen molar-refractivity contribution < 1.29 is 4.42 Å². The number of hydrogen-bond acceptors (Lipinski definition) is 3. The van der Waals surface area contributed by atoms with Crippen LogP contribution in [0.1, 0.15) is 31.2 Å². The first kappa shape index (κ1) is 10.3. The maximum atomic E-state index is 5.03. The molecule has 1 aromatic rings. The van der Waals surface area contributed by atoms with Crippen molar-refractivity contribution in [2.75, 3.05) is 5.75 Å². The van der Waals surface area contributed by atoms with E-state index in [2.05, 4.69) is 10.3 Å². The van der Waals surface area contributed by atoms with E-state index in [1.54, 1.807) is 12.5 Å². The van der Waals surface area contributed by atoms with Gasteiger partial charge < -0.3 is 9.73 Å². The molecule has 0 bridgehead atoms.